The van der Waals surface area contributed by atoms with Crippen molar-refractivity contribution in [2.24, 2.45) is 0 Å². The van der Waals surface area contributed by atoms with Crippen LogP contribution in [0.5, 0.6) is 5.75 Å². The van der Waals surface area contributed by atoms with E-state index < -0.39 is 22.8 Å². The number of carbonyl (C=O) groups is 1. The minimum atomic E-state index is -0.861. The van der Waals surface area contributed by atoms with Crippen molar-refractivity contribution in [3.05, 3.63) is 57.0 Å². The van der Waals surface area contributed by atoms with Gasteiger partial charge in [0.05, 0.1) is 13.2 Å². The lowest BCUT2D eigenvalue weighted by Gasteiger charge is -2.32. The van der Waals surface area contributed by atoms with Crippen molar-refractivity contribution in [1.29, 1.82) is 0 Å². The molecule has 26 heavy (non-hydrogen) atoms. The molecule has 1 aromatic carbocycles. The third-order valence-corrected chi connectivity index (χ3v) is 4.37. The second-order valence-electron chi connectivity index (χ2n) is 6.71. The SMILES string of the molecule is Cc1ccc(CNC(=O)c2nc3n(c(=O)c2O)CCOC3(C)C)cc1F. The lowest BCUT2D eigenvalue weighted by Crippen LogP contribution is -2.42. The maximum Gasteiger partial charge on any atom is 0.296 e. The summed E-state index contributed by atoms with van der Waals surface area (Å²) in [4.78, 5) is 29.0. The Balaban J connectivity index is 1.89. The van der Waals surface area contributed by atoms with Gasteiger partial charge in [-0.3, -0.25) is 14.2 Å². The van der Waals surface area contributed by atoms with Gasteiger partial charge < -0.3 is 15.2 Å². The van der Waals surface area contributed by atoms with Crippen LogP contribution in [0.1, 0.15) is 41.3 Å². The molecule has 2 heterocycles. The van der Waals surface area contributed by atoms with Gasteiger partial charge in [0.15, 0.2) is 5.69 Å². The molecular formula is C18H20FN3O4. The summed E-state index contributed by atoms with van der Waals surface area (Å²) in [5, 5.41) is 12.7. The molecule has 0 fully saturated rings. The Labute approximate surface area is 149 Å². The zero-order chi connectivity index (χ0) is 19.1. The maximum atomic E-state index is 13.6. The lowest BCUT2D eigenvalue weighted by molar-refractivity contribution is -0.0566. The van der Waals surface area contributed by atoms with E-state index in [0.717, 1.165) is 0 Å². The summed E-state index contributed by atoms with van der Waals surface area (Å²) in [6, 6.07) is 4.62. The van der Waals surface area contributed by atoms with Crippen molar-refractivity contribution >= 4 is 5.91 Å². The van der Waals surface area contributed by atoms with Gasteiger partial charge in [-0.1, -0.05) is 12.1 Å². The molecule has 7 nitrogen and oxygen atoms in total. The number of nitrogens with one attached hydrogen (secondary N) is 1. The maximum absolute atomic E-state index is 13.6. The molecule has 0 aliphatic carbocycles. The van der Waals surface area contributed by atoms with E-state index in [2.05, 4.69) is 10.3 Å². The van der Waals surface area contributed by atoms with Crippen LogP contribution in [0.2, 0.25) is 0 Å². The number of hydrogen-bond donors (Lipinski definition) is 2. The van der Waals surface area contributed by atoms with E-state index in [1.54, 1.807) is 32.9 Å². The van der Waals surface area contributed by atoms with Crippen LogP contribution >= 0.6 is 0 Å². The van der Waals surface area contributed by atoms with Gasteiger partial charge in [0.2, 0.25) is 5.75 Å². The van der Waals surface area contributed by atoms with Gasteiger partial charge in [-0.2, -0.15) is 0 Å². The average molecular weight is 361 g/mol. The first-order valence-corrected chi connectivity index (χ1v) is 8.22. The molecule has 0 spiro atoms. The summed E-state index contributed by atoms with van der Waals surface area (Å²) in [6.45, 7) is 5.71. The standard InChI is InChI=1S/C18H20FN3O4/c1-10-4-5-11(8-12(10)19)9-20-15(24)13-14(23)16(25)22-6-7-26-18(2,3)17(22)21-13/h4-5,8,23H,6-7,9H2,1-3H3,(H,20,24). The van der Waals surface area contributed by atoms with Crippen LogP contribution in [0.25, 0.3) is 0 Å². The second kappa shape index (κ2) is 6.53. The number of benzene rings is 1. The number of aryl methyl sites for hydroxylation is 1. The molecule has 0 saturated carbocycles. The van der Waals surface area contributed by atoms with Gasteiger partial charge in [-0.25, -0.2) is 9.37 Å². The Kier molecular flexibility index (Phi) is 4.53. The van der Waals surface area contributed by atoms with Gasteiger partial charge >= 0.3 is 0 Å². The zero-order valence-electron chi connectivity index (χ0n) is 14.8. The Hall–Kier alpha value is -2.74. The molecule has 1 amide bonds. The second-order valence-corrected chi connectivity index (χ2v) is 6.71. The van der Waals surface area contributed by atoms with Crippen LogP contribution in [0.4, 0.5) is 4.39 Å². The largest absolute Gasteiger partial charge is 0.501 e. The van der Waals surface area contributed by atoms with E-state index in [4.69, 9.17) is 4.74 Å². The highest BCUT2D eigenvalue weighted by Gasteiger charge is 2.34. The van der Waals surface area contributed by atoms with E-state index in [1.807, 2.05) is 0 Å². The number of halogens is 1. The number of fused-ring (bicyclic) bond motifs is 1. The van der Waals surface area contributed by atoms with Gasteiger partial charge in [-0.05, 0) is 38.0 Å². The Morgan fingerprint density at radius 3 is 2.88 bits per heavy atom. The predicted octanol–water partition coefficient (Wildman–Crippen LogP) is 1.59. The number of nitrogens with zero attached hydrogens (tertiary/aromatic N) is 2. The van der Waals surface area contributed by atoms with E-state index in [1.165, 1.54) is 10.6 Å². The van der Waals surface area contributed by atoms with E-state index >= 15 is 0 Å². The molecular weight excluding hydrogens is 341 g/mol. The number of carbonyl (C=O) groups excluding carboxylic acids is 1. The first kappa shape index (κ1) is 18.1. The zero-order valence-corrected chi connectivity index (χ0v) is 14.8. The summed E-state index contributed by atoms with van der Waals surface area (Å²) in [7, 11) is 0. The highest BCUT2D eigenvalue weighted by molar-refractivity contribution is 5.94. The minimum absolute atomic E-state index is 0.0372. The smallest absolute Gasteiger partial charge is 0.296 e. The molecule has 0 radical (unpaired) electrons. The number of hydrogen-bond acceptors (Lipinski definition) is 5. The molecule has 1 aromatic heterocycles. The van der Waals surface area contributed by atoms with Gasteiger partial charge in [0, 0.05) is 6.54 Å². The molecule has 1 aliphatic rings. The predicted molar refractivity (Wildman–Crippen MR) is 91.4 cm³/mol. The molecule has 2 N–H and O–H groups in total. The number of aromatic nitrogens is 2. The first-order valence-electron chi connectivity index (χ1n) is 8.22. The number of ether oxygens (including phenoxy) is 1. The van der Waals surface area contributed by atoms with Crippen molar-refractivity contribution in [2.75, 3.05) is 6.61 Å². The van der Waals surface area contributed by atoms with Gasteiger partial charge in [0.25, 0.3) is 11.5 Å². The average Bonchev–Trinajstić information content (AvgIpc) is 2.59. The molecule has 0 unspecified atom stereocenters. The molecule has 138 valence electrons. The fraction of sp³-hybridized carbons (Fsp3) is 0.389. The molecule has 0 bridgehead atoms. The fourth-order valence-electron chi connectivity index (χ4n) is 2.84. The monoisotopic (exact) mass is 361 g/mol. The first-order chi connectivity index (χ1) is 12.2. The summed E-state index contributed by atoms with van der Waals surface area (Å²) >= 11 is 0. The van der Waals surface area contributed by atoms with Crippen molar-refractivity contribution < 1.29 is 19.0 Å². The van der Waals surface area contributed by atoms with Gasteiger partial charge in [-0.15, -0.1) is 0 Å². The number of rotatable bonds is 3. The highest BCUT2D eigenvalue weighted by Crippen LogP contribution is 2.27. The lowest BCUT2D eigenvalue weighted by atomic mass is 10.1. The molecule has 0 saturated heterocycles. The van der Waals surface area contributed by atoms with Crippen LogP contribution in [0.15, 0.2) is 23.0 Å². The molecule has 2 aromatic rings. The van der Waals surface area contributed by atoms with Crippen molar-refractivity contribution in [3.8, 4) is 5.75 Å². The summed E-state index contributed by atoms with van der Waals surface area (Å²) < 4.78 is 20.5. The Bertz CT molecular complexity index is 937. The van der Waals surface area contributed by atoms with E-state index in [9.17, 15) is 19.1 Å². The minimum Gasteiger partial charge on any atom is -0.501 e. The molecule has 3 rings (SSSR count). The number of amides is 1. The third kappa shape index (κ3) is 3.20. The molecule has 8 heteroatoms. The fourth-order valence-corrected chi connectivity index (χ4v) is 2.84. The van der Waals surface area contributed by atoms with Crippen molar-refractivity contribution in [1.82, 2.24) is 14.9 Å². The van der Waals surface area contributed by atoms with Crippen molar-refractivity contribution in [3.63, 3.8) is 0 Å². The normalized spacial score (nSPS) is 15.4. The third-order valence-electron chi connectivity index (χ3n) is 4.37. The van der Waals surface area contributed by atoms with Crippen LogP contribution in [-0.4, -0.2) is 27.2 Å². The van der Waals surface area contributed by atoms with Crippen molar-refractivity contribution in [2.45, 2.75) is 39.5 Å². The Morgan fingerprint density at radius 2 is 2.19 bits per heavy atom. The highest BCUT2D eigenvalue weighted by atomic mass is 19.1. The number of aromatic hydroxyl groups is 1. The summed E-state index contributed by atoms with van der Waals surface area (Å²) in [5.74, 6) is -1.52. The molecule has 1 aliphatic heterocycles. The van der Waals surface area contributed by atoms with Crippen LogP contribution in [0, 0.1) is 12.7 Å². The van der Waals surface area contributed by atoms with E-state index in [-0.39, 0.29) is 30.4 Å². The summed E-state index contributed by atoms with van der Waals surface area (Å²) in [6.07, 6.45) is 0. The van der Waals surface area contributed by atoms with Crippen LogP contribution in [0.3, 0.4) is 0 Å². The summed E-state index contributed by atoms with van der Waals surface area (Å²) in [5.41, 5.74) is -0.853. The van der Waals surface area contributed by atoms with Gasteiger partial charge in [0.1, 0.15) is 17.2 Å². The topological polar surface area (TPSA) is 93.5 Å². The van der Waals surface area contributed by atoms with E-state index in [0.29, 0.717) is 17.7 Å². The quantitative estimate of drug-likeness (QED) is 0.866. The van der Waals surface area contributed by atoms with Crippen LogP contribution in [-0.2, 0) is 23.4 Å². The molecule has 0 atom stereocenters. The van der Waals surface area contributed by atoms with Crippen LogP contribution < -0.4 is 10.9 Å². The Morgan fingerprint density at radius 1 is 1.46 bits per heavy atom.